The molecule has 11 heteroatoms. The molecule has 236 valence electrons. The molecule has 3 fully saturated rings. The van der Waals surface area contributed by atoms with Gasteiger partial charge in [0.05, 0.1) is 29.6 Å². The Kier molecular flexibility index (Phi) is 8.23. The van der Waals surface area contributed by atoms with Crippen molar-refractivity contribution in [1.82, 2.24) is 19.6 Å². The van der Waals surface area contributed by atoms with Gasteiger partial charge in [0.25, 0.3) is 5.91 Å². The number of likely N-dealkylation sites (tertiary alicyclic amines) is 1. The lowest BCUT2D eigenvalue weighted by Gasteiger charge is -2.31. The number of amides is 1. The number of fused-ring (bicyclic) bond motifs is 1. The molecule has 0 bridgehead atoms. The predicted octanol–water partition coefficient (Wildman–Crippen LogP) is 3.81. The summed E-state index contributed by atoms with van der Waals surface area (Å²) < 4.78 is 13.7. The summed E-state index contributed by atoms with van der Waals surface area (Å²) in [6, 6.07) is 13.1. The zero-order valence-electron chi connectivity index (χ0n) is 25.6. The first-order chi connectivity index (χ1) is 22.4. The highest BCUT2D eigenvalue weighted by Crippen LogP contribution is 2.33. The van der Waals surface area contributed by atoms with Gasteiger partial charge in [-0.1, -0.05) is 0 Å². The van der Waals surface area contributed by atoms with Gasteiger partial charge in [0.1, 0.15) is 23.6 Å². The fraction of sp³-hybridized carbons (Fsp3) is 0.429. The summed E-state index contributed by atoms with van der Waals surface area (Å²) in [5, 5.41) is 21.8. The normalized spacial score (nSPS) is 23.8. The molecule has 2 saturated heterocycles. The van der Waals surface area contributed by atoms with Crippen molar-refractivity contribution in [2.24, 2.45) is 5.92 Å². The van der Waals surface area contributed by atoms with Gasteiger partial charge in [-0.15, -0.1) is 0 Å². The summed E-state index contributed by atoms with van der Waals surface area (Å²) in [5.74, 6) is -0.816. The fourth-order valence-electron chi connectivity index (χ4n) is 7.24. The molecule has 1 saturated carbocycles. The molecule has 2 unspecified atom stereocenters. The third-order valence-corrected chi connectivity index (χ3v) is 9.70. The second-order valence-corrected chi connectivity index (χ2v) is 12.7. The maximum Gasteiger partial charge on any atom is 0.255 e. The average Bonchev–Trinajstić information content (AvgIpc) is 3.81. The van der Waals surface area contributed by atoms with E-state index in [0.717, 1.165) is 80.7 Å². The van der Waals surface area contributed by atoms with E-state index in [1.807, 2.05) is 41.3 Å². The van der Waals surface area contributed by atoms with Crippen molar-refractivity contribution >= 4 is 23.7 Å². The van der Waals surface area contributed by atoms with Crippen LogP contribution in [-0.4, -0.2) is 81.7 Å². The number of ketones is 2. The average molecular weight is 621 g/mol. The van der Waals surface area contributed by atoms with Crippen molar-refractivity contribution in [2.45, 2.75) is 63.3 Å². The van der Waals surface area contributed by atoms with Gasteiger partial charge in [0, 0.05) is 69.4 Å². The monoisotopic (exact) mass is 620 g/mol. The van der Waals surface area contributed by atoms with Crippen LogP contribution in [0.5, 0.6) is 5.75 Å². The Morgan fingerprint density at radius 1 is 1.09 bits per heavy atom. The van der Waals surface area contributed by atoms with Crippen LogP contribution >= 0.6 is 0 Å². The Bertz CT molecular complexity index is 1740. The molecular formula is C35H36N6O5. The second-order valence-electron chi connectivity index (χ2n) is 12.7. The first-order valence-corrected chi connectivity index (χ1v) is 16.0. The number of ether oxygens (including phenoxy) is 2. The highest BCUT2D eigenvalue weighted by atomic mass is 16.5. The van der Waals surface area contributed by atoms with E-state index in [2.05, 4.69) is 22.1 Å². The summed E-state index contributed by atoms with van der Waals surface area (Å²) in [5.41, 5.74) is 5.12. The Hall–Kier alpha value is -4.66. The fourth-order valence-corrected chi connectivity index (χ4v) is 7.24. The third-order valence-electron chi connectivity index (χ3n) is 9.70. The number of aromatic nitrogens is 2. The van der Waals surface area contributed by atoms with E-state index >= 15 is 0 Å². The number of nitriles is 1. The molecule has 3 aromatic rings. The Morgan fingerprint density at radius 2 is 1.93 bits per heavy atom. The molecule has 7 rings (SSSR count). The van der Waals surface area contributed by atoms with E-state index in [1.165, 1.54) is 0 Å². The van der Waals surface area contributed by atoms with Crippen molar-refractivity contribution in [3.05, 3.63) is 76.6 Å². The van der Waals surface area contributed by atoms with Crippen LogP contribution in [0, 0.1) is 22.7 Å². The summed E-state index contributed by atoms with van der Waals surface area (Å²) in [6.07, 6.45) is 8.06. The van der Waals surface area contributed by atoms with Crippen LogP contribution in [0.25, 0.3) is 5.69 Å². The van der Waals surface area contributed by atoms with Crippen molar-refractivity contribution < 1.29 is 23.9 Å². The van der Waals surface area contributed by atoms with Gasteiger partial charge in [-0.2, -0.15) is 10.4 Å². The Labute approximate surface area is 267 Å². The minimum Gasteiger partial charge on any atom is -0.489 e. The summed E-state index contributed by atoms with van der Waals surface area (Å²) in [4.78, 5) is 42.0. The standard InChI is InChI=1S/C35H36N6O5/c36-15-22-11-25(24-6-9-45-10-7-24)13-27(12-22)41-19-23(17-38-41)18-39-8-5-29(21-39)46-28-1-2-30-26(14-28)20-40(35(30)44)32-3-4-33(42)31(16-37)34(32)43/h1-2,11-14,16-17,19,24,29,31-32,37H,3-10,18,20-21H2/t29-,31?,32?/m0/s1. The van der Waals surface area contributed by atoms with Crippen LogP contribution in [-0.2, 0) is 27.4 Å². The first-order valence-electron chi connectivity index (χ1n) is 16.0. The highest BCUT2D eigenvalue weighted by molar-refractivity contribution is 6.18. The van der Waals surface area contributed by atoms with Crippen LogP contribution < -0.4 is 4.74 Å². The van der Waals surface area contributed by atoms with Gasteiger partial charge in [-0.05, 0) is 79.1 Å². The zero-order valence-corrected chi connectivity index (χ0v) is 25.6. The quantitative estimate of drug-likeness (QED) is 0.296. The lowest BCUT2D eigenvalue weighted by molar-refractivity contribution is -0.136. The number of nitrogens with one attached hydrogen (secondary N) is 1. The first kappa shape index (κ1) is 30.0. The summed E-state index contributed by atoms with van der Waals surface area (Å²) >= 11 is 0. The molecule has 0 radical (unpaired) electrons. The van der Waals surface area contributed by atoms with Crippen molar-refractivity contribution in [1.29, 1.82) is 10.7 Å². The molecule has 1 aromatic heterocycles. The lowest BCUT2D eigenvalue weighted by Crippen LogP contribution is -2.49. The van der Waals surface area contributed by atoms with Crippen LogP contribution in [0.4, 0.5) is 0 Å². The molecule has 1 aliphatic carbocycles. The smallest absolute Gasteiger partial charge is 0.255 e. The SMILES string of the molecule is N#Cc1cc(C2CCOCC2)cc(-n2cc(CN3CC[C@H](Oc4ccc5c(c4)CN(C4CCC(=O)C(C=N)C4=O)C5=O)C3)cn2)c1. The number of carbonyl (C=O) groups excluding carboxylic acids is 3. The maximum absolute atomic E-state index is 13.2. The van der Waals surface area contributed by atoms with Crippen LogP contribution in [0.2, 0.25) is 0 Å². The lowest BCUT2D eigenvalue weighted by atomic mass is 9.83. The van der Waals surface area contributed by atoms with Gasteiger partial charge in [-0.3, -0.25) is 19.3 Å². The number of hydrogen-bond acceptors (Lipinski definition) is 9. The van der Waals surface area contributed by atoms with Gasteiger partial charge in [0.2, 0.25) is 0 Å². The third kappa shape index (κ3) is 5.86. The number of rotatable bonds is 8. The number of carbonyl (C=O) groups is 3. The molecule has 11 nitrogen and oxygen atoms in total. The van der Waals surface area contributed by atoms with Gasteiger partial charge in [0.15, 0.2) is 5.78 Å². The second kappa shape index (κ2) is 12.6. The predicted molar refractivity (Wildman–Crippen MR) is 167 cm³/mol. The molecule has 46 heavy (non-hydrogen) atoms. The van der Waals surface area contributed by atoms with Crippen LogP contribution in [0.1, 0.15) is 70.6 Å². The van der Waals surface area contributed by atoms with Crippen molar-refractivity contribution in [3.8, 4) is 17.5 Å². The van der Waals surface area contributed by atoms with Gasteiger partial charge in [-0.25, -0.2) is 4.68 Å². The largest absolute Gasteiger partial charge is 0.489 e. The molecule has 1 N–H and O–H groups in total. The zero-order chi connectivity index (χ0) is 31.8. The summed E-state index contributed by atoms with van der Waals surface area (Å²) in [6.45, 7) is 4.13. The number of benzene rings is 2. The maximum atomic E-state index is 13.2. The van der Waals surface area contributed by atoms with Gasteiger partial charge >= 0.3 is 0 Å². The minimum absolute atomic E-state index is 0.00470. The molecule has 0 spiro atoms. The van der Waals surface area contributed by atoms with Gasteiger partial charge < -0.3 is 19.8 Å². The van der Waals surface area contributed by atoms with E-state index < -0.39 is 12.0 Å². The number of nitrogens with zero attached hydrogens (tertiary/aromatic N) is 5. The van der Waals surface area contributed by atoms with E-state index in [-0.39, 0.29) is 36.5 Å². The summed E-state index contributed by atoms with van der Waals surface area (Å²) in [7, 11) is 0. The topological polar surface area (TPSA) is 142 Å². The van der Waals surface area contributed by atoms with E-state index in [9.17, 15) is 19.6 Å². The van der Waals surface area contributed by atoms with Crippen molar-refractivity contribution in [3.63, 3.8) is 0 Å². The Morgan fingerprint density at radius 3 is 2.74 bits per heavy atom. The van der Waals surface area contributed by atoms with Crippen LogP contribution in [0.15, 0.2) is 48.8 Å². The number of Topliss-reactive ketones (excluding diaryl/α,β-unsaturated/α-hetero) is 2. The molecule has 4 aliphatic rings. The Balaban J connectivity index is 0.967. The minimum atomic E-state index is -1.06. The highest BCUT2D eigenvalue weighted by Gasteiger charge is 2.43. The van der Waals surface area contributed by atoms with E-state index in [0.29, 0.717) is 29.2 Å². The molecule has 4 heterocycles. The molecular weight excluding hydrogens is 584 g/mol. The molecule has 2 aromatic carbocycles. The van der Waals surface area contributed by atoms with Crippen molar-refractivity contribution in [2.75, 3.05) is 26.3 Å². The van der Waals surface area contributed by atoms with E-state index in [4.69, 9.17) is 14.9 Å². The molecule has 1 amide bonds. The molecule has 3 aliphatic heterocycles. The van der Waals surface area contributed by atoms with E-state index in [1.54, 1.807) is 11.0 Å². The number of hydrogen-bond donors (Lipinski definition) is 1. The molecule has 3 atom stereocenters. The van der Waals surface area contributed by atoms with Crippen LogP contribution in [0.3, 0.4) is 0 Å².